The van der Waals surface area contributed by atoms with E-state index in [9.17, 15) is 13.2 Å². The van der Waals surface area contributed by atoms with Crippen LogP contribution in [0.4, 0.5) is 5.69 Å². The van der Waals surface area contributed by atoms with Gasteiger partial charge in [-0.3, -0.25) is 4.79 Å². The van der Waals surface area contributed by atoms with Crippen LogP contribution in [0.5, 0.6) is 11.5 Å². The topological polar surface area (TPSA) is 76.2 Å². The van der Waals surface area contributed by atoms with Crippen LogP contribution in [-0.2, 0) is 10.0 Å². The molecule has 0 saturated carbocycles. The first-order valence-electron chi connectivity index (χ1n) is 9.19. The number of hydrogen-bond donors (Lipinski definition) is 0. The van der Waals surface area contributed by atoms with Crippen molar-refractivity contribution in [1.82, 2.24) is 4.31 Å². The molecule has 7 nitrogen and oxygen atoms in total. The number of carbonyl (C=O) groups is 1. The Hall–Kier alpha value is -2.58. The fourth-order valence-electron chi connectivity index (χ4n) is 3.51. The zero-order valence-corrected chi connectivity index (χ0v) is 16.4. The third-order valence-electron chi connectivity index (χ3n) is 5.14. The Labute approximate surface area is 164 Å². The number of rotatable bonds is 4. The first-order chi connectivity index (χ1) is 13.5. The van der Waals surface area contributed by atoms with Crippen LogP contribution in [0, 0.1) is 6.92 Å². The van der Waals surface area contributed by atoms with Crippen LogP contribution in [0.2, 0.25) is 0 Å². The number of benzene rings is 2. The molecular weight excluding hydrogens is 380 g/mol. The third kappa shape index (κ3) is 3.45. The maximum atomic E-state index is 13.0. The van der Waals surface area contributed by atoms with Gasteiger partial charge in [-0.15, -0.1) is 0 Å². The Morgan fingerprint density at radius 1 is 0.929 bits per heavy atom. The molecule has 2 aromatic rings. The van der Waals surface area contributed by atoms with Crippen LogP contribution < -0.4 is 14.4 Å². The minimum Gasteiger partial charge on any atom is -0.486 e. The van der Waals surface area contributed by atoms with Gasteiger partial charge in [-0.1, -0.05) is 0 Å². The molecule has 0 N–H and O–H groups in total. The first-order valence-corrected chi connectivity index (χ1v) is 10.6. The predicted octanol–water partition coefficient (Wildman–Crippen LogP) is 2.09. The van der Waals surface area contributed by atoms with Crippen LogP contribution >= 0.6 is 0 Å². The molecule has 0 bridgehead atoms. The lowest BCUT2D eigenvalue weighted by molar-refractivity contribution is 0.112. The number of anilines is 1. The smallest absolute Gasteiger partial charge is 0.243 e. The van der Waals surface area contributed by atoms with E-state index in [1.807, 2.05) is 19.1 Å². The summed E-state index contributed by atoms with van der Waals surface area (Å²) in [5, 5.41) is 0. The second-order valence-corrected chi connectivity index (χ2v) is 8.79. The Balaban J connectivity index is 1.48. The van der Waals surface area contributed by atoms with Crippen LogP contribution in [0.1, 0.15) is 15.9 Å². The highest BCUT2D eigenvalue weighted by atomic mass is 32.2. The summed E-state index contributed by atoms with van der Waals surface area (Å²) in [7, 11) is -3.60. The Bertz CT molecular complexity index is 998. The van der Waals surface area contributed by atoms with Crippen molar-refractivity contribution in [2.45, 2.75) is 11.8 Å². The van der Waals surface area contributed by atoms with Crippen molar-refractivity contribution in [1.29, 1.82) is 0 Å². The SMILES string of the molecule is Cc1cc(N2CCN(S(=O)(=O)c3ccc4c(c3)OCCO4)CC2)ccc1C=O. The van der Waals surface area contributed by atoms with E-state index >= 15 is 0 Å². The summed E-state index contributed by atoms with van der Waals surface area (Å²) in [5.41, 5.74) is 2.59. The molecular formula is C20H22N2O5S. The number of aldehydes is 1. The van der Waals surface area contributed by atoms with Gasteiger partial charge in [-0.25, -0.2) is 8.42 Å². The molecule has 8 heteroatoms. The monoisotopic (exact) mass is 402 g/mol. The molecule has 0 atom stereocenters. The molecule has 28 heavy (non-hydrogen) atoms. The highest BCUT2D eigenvalue weighted by molar-refractivity contribution is 7.89. The Morgan fingerprint density at radius 3 is 2.32 bits per heavy atom. The van der Waals surface area contributed by atoms with Crippen molar-refractivity contribution in [2.75, 3.05) is 44.3 Å². The van der Waals surface area contributed by atoms with Crippen molar-refractivity contribution in [2.24, 2.45) is 0 Å². The number of carbonyl (C=O) groups excluding carboxylic acids is 1. The quantitative estimate of drug-likeness (QED) is 0.729. The van der Waals surface area contributed by atoms with Gasteiger partial charge in [0.2, 0.25) is 10.0 Å². The van der Waals surface area contributed by atoms with E-state index in [1.54, 1.807) is 18.2 Å². The molecule has 2 aliphatic heterocycles. The summed E-state index contributed by atoms with van der Waals surface area (Å²) in [6.45, 7) is 4.74. The summed E-state index contributed by atoms with van der Waals surface area (Å²) in [5.74, 6) is 1.04. The van der Waals surface area contributed by atoms with Crippen LogP contribution in [0.3, 0.4) is 0 Å². The van der Waals surface area contributed by atoms with Crippen molar-refractivity contribution in [3.05, 3.63) is 47.5 Å². The standard InChI is InChI=1S/C20H22N2O5S/c1-15-12-17(3-2-16(15)14-23)21-6-8-22(9-7-21)28(24,25)18-4-5-19-20(13-18)27-11-10-26-19/h2-5,12-14H,6-11H2,1H3. The van der Waals surface area contributed by atoms with Gasteiger partial charge >= 0.3 is 0 Å². The summed E-state index contributed by atoms with van der Waals surface area (Å²) in [6, 6.07) is 10.4. The van der Waals surface area contributed by atoms with Gasteiger partial charge in [-0.2, -0.15) is 4.31 Å². The number of nitrogens with zero attached hydrogens (tertiary/aromatic N) is 2. The van der Waals surface area contributed by atoms with E-state index in [-0.39, 0.29) is 4.90 Å². The zero-order chi connectivity index (χ0) is 19.7. The molecule has 0 unspecified atom stereocenters. The second-order valence-electron chi connectivity index (χ2n) is 6.86. The van der Waals surface area contributed by atoms with E-state index in [0.29, 0.717) is 56.5 Å². The van der Waals surface area contributed by atoms with Crippen molar-refractivity contribution >= 4 is 22.0 Å². The molecule has 148 valence electrons. The largest absolute Gasteiger partial charge is 0.486 e. The second kappa shape index (κ2) is 7.44. The fraction of sp³-hybridized carbons (Fsp3) is 0.350. The molecule has 0 aromatic heterocycles. The number of aryl methyl sites for hydroxylation is 1. The molecule has 0 amide bonds. The minimum absolute atomic E-state index is 0.219. The van der Waals surface area contributed by atoms with Crippen molar-refractivity contribution in [3.63, 3.8) is 0 Å². The van der Waals surface area contributed by atoms with Gasteiger partial charge in [0.05, 0.1) is 4.90 Å². The van der Waals surface area contributed by atoms with Gasteiger partial charge < -0.3 is 14.4 Å². The lowest BCUT2D eigenvalue weighted by Gasteiger charge is -2.35. The van der Waals surface area contributed by atoms with Gasteiger partial charge in [0.15, 0.2) is 11.5 Å². The predicted molar refractivity (Wildman–Crippen MR) is 105 cm³/mol. The average molecular weight is 402 g/mol. The van der Waals surface area contributed by atoms with Crippen LogP contribution in [-0.4, -0.2) is 58.4 Å². The number of fused-ring (bicyclic) bond motifs is 1. The highest BCUT2D eigenvalue weighted by Crippen LogP contribution is 2.33. The van der Waals surface area contributed by atoms with Crippen molar-refractivity contribution < 1.29 is 22.7 Å². The molecule has 0 spiro atoms. The number of sulfonamides is 1. The fourth-order valence-corrected chi connectivity index (χ4v) is 4.95. The minimum atomic E-state index is -3.60. The molecule has 1 saturated heterocycles. The molecule has 2 aromatic carbocycles. The average Bonchev–Trinajstić information content (AvgIpc) is 2.73. The number of ether oxygens (including phenoxy) is 2. The van der Waals surface area contributed by atoms with Gasteiger partial charge in [0.1, 0.15) is 19.5 Å². The Kier molecular flexibility index (Phi) is 4.99. The number of hydrogen-bond acceptors (Lipinski definition) is 6. The van der Waals surface area contributed by atoms with Gasteiger partial charge in [-0.05, 0) is 42.8 Å². The molecule has 1 fully saturated rings. The Morgan fingerprint density at radius 2 is 1.64 bits per heavy atom. The van der Waals surface area contributed by atoms with E-state index in [0.717, 1.165) is 17.5 Å². The maximum Gasteiger partial charge on any atom is 0.243 e. The molecule has 4 rings (SSSR count). The highest BCUT2D eigenvalue weighted by Gasteiger charge is 2.30. The first kappa shape index (κ1) is 18.8. The van der Waals surface area contributed by atoms with Gasteiger partial charge in [0, 0.05) is 43.5 Å². The molecule has 0 aliphatic carbocycles. The van der Waals surface area contributed by atoms with E-state index < -0.39 is 10.0 Å². The lowest BCUT2D eigenvalue weighted by Crippen LogP contribution is -2.48. The molecule has 2 heterocycles. The van der Waals surface area contributed by atoms with E-state index in [1.165, 1.54) is 10.4 Å². The van der Waals surface area contributed by atoms with E-state index in [2.05, 4.69) is 4.90 Å². The third-order valence-corrected chi connectivity index (χ3v) is 7.03. The van der Waals surface area contributed by atoms with Gasteiger partial charge in [0.25, 0.3) is 0 Å². The summed E-state index contributed by atoms with van der Waals surface area (Å²) in [6.07, 6.45) is 0.844. The summed E-state index contributed by atoms with van der Waals surface area (Å²) < 4.78 is 38.5. The van der Waals surface area contributed by atoms with Crippen molar-refractivity contribution in [3.8, 4) is 11.5 Å². The summed E-state index contributed by atoms with van der Waals surface area (Å²) in [4.78, 5) is 13.3. The zero-order valence-electron chi connectivity index (χ0n) is 15.6. The normalized spacial score (nSPS) is 17.4. The molecule has 2 aliphatic rings. The van der Waals surface area contributed by atoms with E-state index in [4.69, 9.17) is 9.47 Å². The lowest BCUT2D eigenvalue weighted by atomic mass is 10.1. The molecule has 0 radical (unpaired) electrons. The van der Waals surface area contributed by atoms with Crippen LogP contribution in [0.25, 0.3) is 0 Å². The number of piperazine rings is 1. The summed E-state index contributed by atoms with van der Waals surface area (Å²) >= 11 is 0. The maximum absolute atomic E-state index is 13.0. The van der Waals surface area contributed by atoms with Crippen LogP contribution in [0.15, 0.2) is 41.3 Å².